The second kappa shape index (κ2) is 7.08. The topological polar surface area (TPSA) is 58.2 Å². The number of amides is 2. The van der Waals surface area contributed by atoms with Crippen molar-refractivity contribution < 1.29 is 22.8 Å². The van der Waals surface area contributed by atoms with Gasteiger partial charge in [0, 0.05) is 19.5 Å². The molecule has 7 heteroatoms. The van der Waals surface area contributed by atoms with E-state index >= 15 is 0 Å². The number of rotatable bonds is 6. The molecule has 0 aliphatic carbocycles. The molecule has 4 nitrogen and oxygen atoms in total. The highest BCUT2D eigenvalue weighted by Gasteiger charge is 2.30. The van der Waals surface area contributed by atoms with Crippen LogP contribution in [0.3, 0.4) is 0 Å². The first-order valence-electron chi connectivity index (χ1n) is 4.95. The first kappa shape index (κ1) is 14.7. The number of halogens is 3. The van der Waals surface area contributed by atoms with E-state index in [0.717, 1.165) is 6.42 Å². The van der Waals surface area contributed by atoms with Gasteiger partial charge in [-0.15, -0.1) is 0 Å². The molecule has 0 aliphatic heterocycles. The largest absolute Gasteiger partial charge is 0.397 e. The quantitative estimate of drug-likeness (QED) is 0.726. The van der Waals surface area contributed by atoms with E-state index in [1.54, 1.807) is 0 Å². The molecule has 0 aromatic carbocycles. The van der Waals surface area contributed by atoms with Gasteiger partial charge in [0.25, 0.3) is 0 Å². The zero-order valence-electron chi connectivity index (χ0n) is 8.99. The molecule has 0 atom stereocenters. The van der Waals surface area contributed by atoms with Crippen molar-refractivity contribution >= 4 is 11.8 Å². The summed E-state index contributed by atoms with van der Waals surface area (Å²) in [6, 6.07) is 0. The molecule has 0 aliphatic rings. The molecule has 0 bridgehead atoms. The molecule has 0 saturated heterocycles. The van der Waals surface area contributed by atoms with Gasteiger partial charge in [0.05, 0.1) is 0 Å². The molecule has 2 amide bonds. The Hall–Kier alpha value is -1.27. The van der Waals surface area contributed by atoms with Gasteiger partial charge in [-0.1, -0.05) is 6.92 Å². The van der Waals surface area contributed by atoms with Gasteiger partial charge < -0.3 is 10.6 Å². The summed E-state index contributed by atoms with van der Waals surface area (Å²) in [7, 11) is 0. The molecular weight excluding hydrogens is 225 g/mol. The van der Waals surface area contributed by atoms with E-state index < -0.39 is 18.5 Å². The smallest absolute Gasteiger partial charge is 0.356 e. The normalized spacial score (nSPS) is 11.0. The van der Waals surface area contributed by atoms with Crippen LogP contribution in [0.2, 0.25) is 0 Å². The summed E-state index contributed by atoms with van der Waals surface area (Å²) >= 11 is 0. The van der Waals surface area contributed by atoms with E-state index in [-0.39, 0.29) is 18.9 Å². The molecule has 0 saturated carbocycles. The van der Waals surface area contributed by atoms with Crippen LogP contribution in [0.25, 0.3) is 0 Å². The maximum atomic E-state index is 11.7. The summed E-state index contributed by atoms with van der Waals surface area (Å²) in [6.07, 6.45) is -5.24. The van der Waals surface area contributed by atoms with Crippen molar-refractivity contribution in [3.05, 3.63) is 0 Å². The fraction of sp³-hybridized carbons (Fsp3) is 0.778. The van der Waals surface area contributed by atoms with Crippen LogP contribution in [0.4, 0.5) is 13.2 Å². The molecule has 0 aromatic heterocycles. The van der Waals surface area contributed by atoms with Gasteiger partial charge in [0.1, 0.15) is 6.42 Å². The Morgan fingerprint density at radius 3 is 2.12 bits per heavy atom. The molecule has 0 spiro atoms. The Morgan fingerprint density at radius 2 is 1.62 bits per heavy atom. The van der Waals surface area contributed by atoms with Gasteiger partial charge in [-0.3, -0.25) is 9.59 Å². The fourth-order valence-corrected chi connectivity index (χ4v) is 0.913. The first-order valence-corrected chi connectivity index (χ1v) is 4.95. The lowest BCUT2D eigenvalue weighted by atomic mass is 10.3. The summed E-state index contributed by atoms with van der Waals surface area (Å²) < 4.78 is 35.2. The first-order chi connectivity index (χ1) is 7.35. The monoisotopic (exact) mass is 240 g/mol. The van der Waals surface area contributed by atoms with Crippen LogP contribution in [0.5, 0.6) is 0 Å². The molecule has 0 radical (unpaired) electrons. The number of hydrogen-bond donors (Lipinski definition) is 2. The summed E-state index contributed by atoms with van der Waals surface area (Å²) in [5, 5.41) is 4.57. The van der Waals surface area contributed by atoms with E-state index in [4.69, 9.17) is 0 Å². The van der Waals surface area contributed by atoms with Gasteiger partial charge in [-0.25, -0.2) is 0 Å². The van der Waals surface area contributed by atoms with Gasteiger partial charge in [0.15, 0.2) is 0 Å². The van der Waals surface area contributed by atoms with Gasteiger partial charge >= 0.3 is 6.18 Å². The highest BCUT2D eigenvalue weighted by atomic mass is 19.4. The molecule has 0 aromatic rings. The molecule has 0 heterocycles. The van der Waals surface area contributed by atoms with E-state index in [0.29, 0.717) is 6.54 Å². The lowest BCUT2D eigenvalue weighted by Crippen LogP contribution is -2.33. The predicted molar refractivity (Wildman–Crippen MR) is 51.6 cm³/mol. The Kier molecular flexibility index (Phi) is 6.52. The van der Waals surface area contributed by atoms with Crippen LogP contribution in [0.1, 0.15) is 26.2 Å². The minimum absolute atomic E-state index is 0.0103. The van der Waals surface area contributed by atoms with Crippen molar-refractivity contribution in [2.24, 2.45) is 0 Å². The Labute approximate surface area is 91.6 Å². The Balaban J connectivity index is 3.58. The van der Waals surface area contributed by atoms with Gasteiger partial charge in [0.2, 0.25) is 11.8 Å². The van der Waals surface area contributed by atoms with E-state index in [1.807, 2.05) is 12.2 Å². The van der Waals surface area contributed by atoms with Crippen molar-refractivity contribution in [1.29, 1.82) is 0 Å². The van der Waals surface area contributed by atoms with Crippen LogP contribution in [0, 0.1) is 0 Å². The van der Waals surface area contributed by atoms with Crippen molar-refractivity contribution in [3.63, 3.8) is 0 Å². The van der Waals surface area contributed by atoms with Crippen LogP contribution in [-0.2, 0) is 9.59 Å². The van der Waals surface area contributed by atoms with Crippen LogP contribution < -0.4 is 10.6 Å². The zero-order chi connectivity index (χ0) is 12.6. The van der Waals surface area contributed by atoms with E-state index in [2.05, 4.69) is 5.32 Å². The summed E-state index contributed by atoms with van der Waals surface area (Å²) in [5.41, 5.74) is 0. The molecule has 0 fully saturated rings. The molecule has 2 N–H and O–H groups in total. The average Bonchev–Trinajstić information content (AvgIpc) is 2.11. The lowest BCUT2D eigenvalue weighted by Gasteiger charge is -2.07. The molecule has 0 unspecified atom stereocenters. The number of carbonyl (C=O) groups is 2. The van der Waals surface area contributed by atoms with Crippen LogP contribution in [0.15, 0.2) is 0 Å². The molecular formula is C9H15F3N2O2. The lowest BCUT2D eigenvalue weighted by molar-refractivity contribution is -0.153. The van der Waals surface area contributed by atoms with Crippen molar-refractivity contribution in [3.8, 4) is 0 Å². The van der Waals surface area contributed by atoms with Gasteiger partial charge in [-0.2, -0.15) is 13.2 Å². The summed E-state index contributed by atoms with van der Waals surface area (Å²) in [6.45, 7) is 2.32. The maximum absolute atomic E-state index is 11.7. The number of hydrogen-bond acceptors (Lipinski definition) is 2. The van der Waals surface area contributed by atoms with E-state index in [1.165, 1.54) is 0 Å². The molecule has 0 rings (SSSR count). The summed E-state index contributed by atoms with van der Waals surface area (Å²) in [4.78, 5) is 21.7. The third-order valence-corrected chi connectivity index (χ3v) is 1.61. The minimum atomic E-state index is -4.51. The highest BCUT2D eigenvalue weighted by Crippen LogP contribution is 2.18. The highest BCUT2D eigenvalue weighted by molar-refractivity contribution is 5.79. The number of carbonyl (C=O) groups excluding carboxylic acids is 2. The standard InChI is InChI=1S/C9H15F3N2O2/c1-2-4-13-7(15)3-5-14-8(16)6-9(10,11)12/h2-6H2,1H3,(H,13,15)(H,14,16). The second-order valence-electron chi connectivity index (χ2n) is 3.24. The predicted octanol–water partition coefficient (Wildman–Crippen LogP) is 0.971. The maximum Gasteiger partial charge on any atom is 0.397 e. The summed E-state index contributed by atoms with van der Waals surface area (Å²) in [5.74, 6) is -1.40. The SMILES string of the molecule is CCCNC(=O)CCNC(=O)CC(F)(F)F. The van der Waals surface area contributed by atoms with Crippen molar-refractivity contribution in [2.45, 2.75) is 32.4 Å². The third kappa shape index (κ3) is 9.29. The Bertz CT molecular complexity index is 241. The van der Waals surface area contributed by atoms with Crippen molar-refractivity contribution in [1.82, 2.24) is 10.6 Å². The van der Waals surface area contributed by atoms with Crippen molar-refractivity contribution in [2.75, 3.05) is 13.1 Å². The Morgan fingerprint density at radius 1 is 1.06 bits per heavy atom. The second-order valence-corrected chi connectivity index (χ2v) is 3.24. The minimum Gasteiger partial charge on any atom is -0.356 e. The zero-order valence-corrected chi connectivity index (χ0v) is 8.99. The molecule has 94 valence electrons. The van der Waals surface area contributed by atoms with Gasteiger partial charge in [-0.05, 0) is 6.42 Å². The third-order valence-electron chi connectivity index (χ3n) is 1.61. The number of alkyl halides is 3. The van der Waals surface area contributed by atoms with Crippen LogP contribution in [-0.4, -0.2) is 31.1 Å². The molecule has 16 heavy (non-hydrogen) atoms. The fourth-order valence-electron chi connectivity index (χ4n) is 0.913. The average molecular weight is 240 g/mol. The number of nitrogens with one attached hydrogen (secondary N) is 2. The van der Waals surface area contributed by atoms with Crippen LogP contribution >= 0.6 is 0 Å². The van der Waals surface area contributed by atoms with E-state index in [9.17, 15) is 22.8 Å².